The van der Waals surface area contributed by atoms with E-state index in [9.17, 15) is 0 Å². The zero-order chi connectivity index (χ0) is 36.0. The van der Waals surface area contributed by atoms with Gasteiger partial charge in [-0.2, -0.15) is 0 Å². The van der Waals surface area contributed by atoms with Crippen molar-refractivity contribution in [2.24, 2.45) is 9.98 Å². The Hall–Kier alpha value is -6.19. The van der Waals surface area contributed by atoms with Gasteiger partial charge in [-0.25, -0.2) is 9.98 Å². The van der Waals surface area contributed by atoms with Crippen LogP contribution in [0, 0.1) is 5.41 Å². The number of hydrogen-bond acceptors (Lipinski definition) is 1. The summed E-state index contributed by atoms with van der Waals surface area (Å²) in [6, 6.07) is 62.0. The van der Waals surface area contributed by atoms with Gasteiger partial charge in [0.25, 0.3) is 0 Å². The molecule has 0 aliphatic heterocycles. The van der Waals surface area contributed by atoms with Crippen molar-refractivity contribution in [1.82, 2.24) is 0 Å². The highest BCUT2D eigenvalue weighted by Crippen LogP contribution is 2.45. The third kappa shape index (κ3) is 7.29. The Morgan fingerprint density at radius 3 is 1.64 bits per heavy atom. The highest BCUT2D eigenvalue weighted by molar-refractivity contribution is 6.16. The van der Waals surface area contributed by atoms with Crippen molar-refractivity contribution in [3.05, 3.63) is 204 Å². The van der Waals surface area contributed by atoms with Crippen LogP contribution in [0.15, 0.2) is 186 Å². The van der Waals surface area contributed by atoms with Crippen LogP contribution in [-0.4, -0.2) is 17.4 Å². The molecule has 8 rings (SSSR count). The second-order valence-electron chi connectivity index (χ2n) is 14.2. The second-order valence-corrected chi connectivity index (χ2v) is 14.2. The number of nitrogens with one attached hydrogen (secondary N) is 1. The summed E-state index contributed by atoms with van der Waals surface area (Å²) in [5.74, 6) is 0.719. The molecular weight excluding hydrogens is 643 g/mol. The lowest BCUT2D eigenvalue weighted by atomic mass is 9.65. The van der Waals surface area contributed by atoms with Crippen molar-refractivity contribution >= 4 is 28.2 Å². The Kier molecular flexibility index (Phi) is 9.73. The Labute approximate surface area is 313 Å². The third-order valence-electron chi connectivity index (χ3n) is 10.9. The zero-order valence-corrected chi connectivity index (χ0v) is 30.2. The Bertz CT molecular complexity index is 2400. The van der Waals surface area contributed by atoms with Crippen LogP contribution in [0.5, 0.6) is 0 Å². The molecule has 1 N–H and O–H groups in total. The number of benzene rings is 7. The minimum absolute atomic E-state index is 0.0492. The first-order chi connectivity index (χ1) is 26.1. The van der Waals surface area contributed by atoms with Gasteiger partial charge < -0.3 is 0 Å². The lowest BCUT2D eigenvalue weighted by Gasteiger charge is -2.39. The van der Waals surface area contributed by atoms with Crippen molar-refractivity contribution in [3.63, 3.8) is 0 Å². The van der Waals surface area contributed by atoms with Gasteiger partial charge in [-0.15, -0.1) is 0 Å². The fourth-order valence-electron chi connectivity index (χ4n) is 7.87. The van der Waals surface area contributed by atoms with E-state index in [2.05, 4.69) is 127 Å². The van der Waals surface area contributed by atoms with Crippen molar-refractivity contribution in [2.75, 3.05) is 0 Å². The molecule has 1 fully saturated rings. The Morgan fingerprint density at radius 1 is 0.453 bits per heavy atom. The van der Waals surface area contributed by atoms with Crippen molar-refractivity contribution < 1.29 is 0 Å². The van der Waals surface area contributed by atoms with E-state index in [4.69, 9.17) is 15.4 Å². The lowest BCUT2D eigenvalue weighted by Crippen LogP contribution is -2.30. The molecule has 0 spiro atoms. The number of nitrogens with zero attached hydrogens (tertiary/aromatic N) is 2. The largest absolute Gasteiger partial charge is 0.282 e. The highest BCUT2D eigenvalue weighted by atomic mass is 15.0. The van der Waals surface area contributed by atoms with Gasteiger partial charge in [0.2, 0.25) is 0 Å². The molecule has 7 aromatic carbocycles. The summed E-state index contributed by atoms with van der Waals surface area (Å²) in [4.78, 5) is 9.92. The molecule has 1 aliphatic carbocycles. The predicted molar refractivity (Wildman–Crippen MR) is 224 cm³/mol. The van der Waals surface area contributed by atoms with E-state index in [0.29, 0.717) is 5.84 Å². The molecule has 3 heteroatoms. The van der Waals surface area contributed by atoms with E-state index in [1.807, 2.05) is 55.5 Å². The summed E-state index contributed by atoms with van der Waals surface area (Å²) in [7, 11) is 0. The van der Waals surface area contributed by atoms with E-state index in [1.165, 1.54) is 52.3 Å². The van der Waals surface area contributed by atoms with E-state index in [1.54, 1.807) is 0 Å². The summed E-state index contributed by atoms with van der Waals surface area (Å²) < 4.78 is 0. The normalized spacial score (nSPS) is 14.6. The summed E-state index contributed by atoms with van der Waals surface area (Å²) in [5, 5.41) is 11.6. The van der Waals surface area contributed by atoms with Gasteiger partial charge in [0.05, 0.1) is 0 Å². The maximum absolute atomic E-state index is 9.04. The average molecular weight is 686 g/mol. The van der Waals surface area contributed by atoms with Gasteiger partial charge in [-0.1, -0.05) is 189 Å². The standard InChI is InChI=1S/C50H43N3/c1-36(37-13-5-2-6-14-37)52-49(53-48(51)42-22-19-40(20-23-42)38-15-7-3-8-16-38)43-27-31-47(32-28-43)50(33-11-4-12-34-50)46-29-25-41(26-30-46)45-24-21-39-17-9-10-18-44(39)35-45/h2-3,5-10,13-32,35,51H,4,11-12,33-34H2,1H3. The van der Waals surface area contributed by atoms with Gasteiger partial charge >= 0.3 is 0 Å². The summed E-state index contributed by atoms with van der Waals surface area (Å²) in [6.07, 6.45) is 5.94. The maximum atomic E-state index is 9.04. The minimum Gasteiger partial charge on any atom is -0.282 e. The van der Waals surface area contributed by atoms with Crippen LogP contribution in [0.3, 0.4) is 0 Å². The Morgan fingerprint density at radius 2 is 0.962 bits per heavy atom. The van der Waals surface area contributed by atoms with Crippen LogP contribution in [0.4, 0.5) is 0 Å². The molecule has 258 valence electrons. The summed E-state index contributed by atoms with van der Waals surface area (Å²) in [6.45, 7) is 2.01. The van der Waals surface area contributed by atoms with Crippen LogP contribution < -0.4 is 0 Å². The molecule has 0 amide bonds. The molecular formula is C50H43N3. The average Bonchev–Trinajstić information content (AvgIpc) is 3.24. The predicted octanol–water partition coefficient (Wildman–Crippen LogP) is 12.7. The number of hydrogen-bond donors (Lipinski definition) is 1. The number of fused-ring (bicyclic) bond motifs is 1. The molecule has 0 bridgehead atoms. The van der Waals surface area contributed by atoms with Crippen LogP contribution >= 0.6 is 0 Å². The van der Waals surface area contributed by atoms with Crippen LogP contribution in [-0.2, 0) is 5.41 Å². The van der Waals surface area contributed by atoms with E-state index >= 15 is 0 Å². The fourth-order valence-corrected chi connectivity index (χ4v) is 7.87. The molecule has 0 radical (unpaired) electrons. The Balaban J connectivity index is 1.12. The van der Waals surface area contributed by atoms with Crippen LogP contribution in [0.1, 0.15) is 66.8 Å². The van der Waals surface area contributed by atoms with Gasteiger partial charge in [-0.3, -0.25) is 5.41 Å². The zero-order valence-electron chi connectivity index (χ0n) is 30.2. The SMILES string of the molecule is CC(=NC(=NC(=N)c1ccc(-c2ccccc2)cc1)c1ccc(C2(c3ccc(-c4ccc5ccccc5c4)cc3)CCCCC2)cc1)c1ccccc1. The third-order valence-corrected chi connectivity index (χ3v) is 10.9. The quantitative estimate of drug-likeness (QED) is 0.128. The van der Waals surface area contributed by atoms with Crippen molar-refractivity contribution in [1.29, 1.82) is 5.41 Å². The lowest BCUT2D eigenvalue weighted by molar-refractivity contribution is 0.346. The smallest absolute Gasteiger partial charge is 0.161 e. The molecule has 1 saturated carbocycles. The minimum atomic E-state index is -0.0492. The van der Waals surface area contributed by atoms with Gasteiger partial charge in [-0.05, 0) is 75.5 Å². The first kappa shape index (κ1) is 33.9. The molecule has 0 heterocycles. The number of amidine groups is 2. The second kappa shape index (κ2) is 15.2. The molecule has 0 aromatic heterocycles. The summed E-state index contributed by atoms with van der Waals surface area (Å²) >= 11 is 0. The van der Waals surface area contributed by atoms with Crippen molar-refractivity contribution in [2.45, 2.75) is 44.4 Å². The van der Waals surface area contributed by atoms with E-state index in [-0.39, 0.29) is 11.3 Å². The molecule has 0 atom stereocenters. The fraction of sp³-hybridized carbons (Fsp3) is 0.140. The molecule has 0 saturated heterocycles. The van der Waals surface area contributed by atoms with E-state index < -0.39 is 0 Å². The monoisotopic (exact) mass is 685 g/mol. The van der Waals surface area contributed by atoms with Crippen LogP contribution in [0.2, 0.25) is 0 Å². The maximum Gasteiger partial charge on any atom is 0.161 e. The molecule has 53 heavy (non-hydrogen) atoms. The first-order valence-electron chi connectivity index (χ1n) is 18.7. The molecule has 1 aliphatic rings. The van der Waals surface area contributed by atoms with Gasteiger partial charge in [0.15, 0.2) is 11.7 Å². The number of aliphatic imine (C=N–C) groups is 2. The summed E-state index contributed by atoms with van der Waals surface area (Å²) in [5.41, 5.74) is 10.9. The topological polar surface area (TPSA) is 48.6 Å². The highest BCUT2D eigenvalue weighted by Gasteiger charge is 2.35. The molecule has 3 nitrogen and oxygen atoms in total. The van der Waals surface area contributed by atoms with Crippen LogP contribution in [0.25, 0.3) is 33.0 Å². The van der Waals surface area contributed by atoms with Gasteiger partial charge in [0, 0.05) is 22.3 Å². The van der Waals surface area contributed by atoms with Gasteiger partial charge in [0.1, 0.15) is 0 Å². The van der Waals surface area contributed by atoms with E-state index in [0.717, 1.165) is 46.4 Å². The van der Waals surface area contributed by atoms with Crippen molar-refractivity contribution in [3.8, 4) is 22.3 Å². The molecule has 0 unspecified atom stereocenters. The molecule has 7 aromatic rings. The first-order valence-corrected chi connectivity index (χ1v) is 18.7. The number of rotatable bonds is 7.